The van der Waals surface area contributed by atoms with Gasteiger partial charge in [-0.05, 0) is 55.8 Å². The van der Waals surface area contributed by atoms with Crippen LogP contribution in [0.5, 0.6) is 0 Å². The van der Waals surface area contributed by atoms with E-state index in [4.69, 9.17) is 11.6 Å². The molecule has 27 heavy (non-hydrogen) atoms. The summed E-state index contributed by atoms with van der Waals surface area (Å²) in [6.07, 6.45) is 1.87. The first kappa shape index (κ1) is 17.1. The lowest BCUT2D eigenvalue weighted by Crippen LogP contribution is -1.99. The molecule has 5 heteroatoms. The van der Waals surface area contributed by atoms with E-state index in [2.05, 4.69) is 26.7 Å². The Morgan fingerprint density at radius 1 is 1.15 bits per heavy atom. The first-order chi connectivity index (χ1) is 13.1. The molecule has 0 aliphatic carbocycles. The van der Waals surface area contributed by atoms with Gasteiger partial charge in [-0.1, -0.05) is 35.9 Å². The lowest BCUT2D eigenvalue weighted by atomic mass is 10.1. The van der Waals surface area contributed by atoms with Crippen molar-refractivity contribution in [1.29, 1.82) is 5.26 Å². The number of benzene rings is 2. The molecule has 0 bridgehead atoms. The van der Waals surface area contributed by atoms with Gasteiger partial charge in [-0.25, -0.2) is 4.98 Å². The van der Waals surface area contributed by atoms with Gasteiger partial charge in [0.15, 0.2) is 0 Å². The van der Waals surface area contributed by atoms with Gasteiger partial charge >= 0.3 is 0 Å². The van der Waals surface area contributed by atoms with Crippen LogP contribution in [-0.4, -0.2) is 14.5 Å². The van der Waals surface area contributed by atoms with E-state index < -0.39 is 0 Å². The molecular formula is C22H17ClN4. The van der Waals surface area contributed by atoms with Crippen LogP contribution < -0.4 is 0 Å². The zero-order valence-corrected chi connectivity index (χ0v) is 15.7. The first-order valence-electron chi connectivity index (χ1n) is 8.59. The van der Waals surface area contributed by atoms with Crippen molar-refractivity contribution in [2.45, 2.75) is 13.8 Å². The standard InChI is InChI=1S/C22H17ClN4/c1-14-11-16(15(2)27(14)21-10-6-3-7-18(21)23)12-17(13-24)22-25-19-8-4-5-9-20(19)26-22/h3-12H,1-2H3,(H,25,26)/b17-12-. The van der Waals surface area contributed by atoms with E-state index in [1.165, 1.54) is 0 Å². The van der Waals surface area contributed by atoms with Crippen LogP contribution in [0.1, 0.15) is 22.8 Å². The van der Waals surface area contributed by atoms with Crippen LogP contribution in [0, 0.1) is 25.2 Å². The van der Waals surface area contributed by atoms with E-state index in [1.54, 1.807) is 0 Å². The smallest absolute Gasteiger partial charge is 0.149 e. The predicted octanol–water partition coefficient (Wildman–Crippen LogP) is 5.69. The van der Waals surface area contributed by atoms with E-state index in [0.29, 0.717) is 16.4 Å². The number of hydrogen-bond donors (Lipinski definition) is 1. The molecule has 0 unspecified atom stereocenters. The van der Waals surface area contributed by atoms with Crippen molar-refractivity contribution in [2.24, 2.45) is 0 Å². The molecule has 0 saturated heterocycles. The predicted molar refractivity (Wildman–Crippen MR) is 110 cm³/mol. The van der Waals surface area contributed by atoms with Gasteiger partial charge in [0, 0.05) is 11.4 Å². The summed E-state index contributed by atoms with van der Waals surface area (Å²) in [5, 5.41) is 10.4. The topological polar surface area (TPSA) is 57.4 Å². The number of para-hydroxylation sites is 3. The van der Waals surface area contributed by atoms with Gasteiger partial charge < -0.3 is 9.55 Å². The van der Waals surface area contributed by atoms with Crippen LogP contribution in [0.4, 0.5) is 0 Å². The summed E-state index contributed by atoms with van der Waals surface area (Å²) < 4.78 is 2.10. The van der Waals surface area contributed by atoms with Gasteiger partial charge in [0.05, 0.1) is 27.3 Å². The Balaban J connectivity index is 1.82. The number of H-pyrrole nitrogens is 1. The van der Waals surface area contributed by atoms with Crippen LogP contribution in [0.3, 0.4) is 0 Å². The summed E-state index contributed by atoms with van der Waals surface area (Å²) >= 11 is 6.38. The quantitative estimate of drug-likeness (QED) is 0.470. The number of aromatic nitrogens is 3. The number of fused-ring (bicyclic) bond motifs is 1. The number of hydrogen-bond acceptors (Lipinski definition) is 2. The number of nitriles is 1. The second-order valence-electron chi connectivity index (χ2n) is 6.39. The Kier molecular flexibility index (Phi) is 4.31. The van der Waals surface area contributed by atoms with Crippen molar-refractivity contribution < 1.29 is 0 Å². The van der Waals surface area contributed by atoms with Crippen LogP contribution in [0.15, 0.2) is 54.6 Å². The van der Waals surface area contributed by atoms with Crippen molar-refractivity contribution >= 4 is 34.3 Å². The second-order valence-corrected chi connectivity index (χ2v) is 6.79. The molecule has 2 heterocycles. The molecule has 2 aromatic carbocycles. The number of rotatable bonds is 3. The van der Waals surface area contributed by atoms with E-state index in [9.17, 15) is 5.26 Å². The molecular weight excluding hydrogens is 356 g/mol. The zero-order chi connectivity index (χ0) is 19.0. The molecule has 2 aromatic heterocycles. The third kappa shape index (κ3) is 3.03. The summed E-state index contributed by atoms with van der Waals surface area (Å²) in [6, 6.07) is 19.8. The summed E-state index contributed by atoms with van der Waals surface area (Å²) in [7, 11) is 0. The van der Waals surface area contributed by atoms with E-state index in [0.717, 1.165) is 33.7 Å². The average molecular weight is 373 g/mol. The number of imidazole rings is 1. The van der Waals surface area contributed by atoms with Crippen molar-refractivity contribution in [3.8, 4) is 11.8 Å². The number of allylic oxidation sites excluding steroid dienone is 1. The Labute approximate surface area is 162 Å². The van der Waals surface area contributed by atoms with Gasteiger partial charge in [-0.3, -0.25) is 0 Å². The molecule has 0 saturated carbocycles. The highest BCUT2D eigenvalue weighted by Crippen LogP contribution is 2.28. The molecule has 0 spiro atoms. The van der Waals surface area contributed by atoms with E-state index in [1.807, 2.05) is 68.5 Å². The van der Waals surface area contributed by atoms with Crippen LogP contribution in [-0.2, 0) is 0 Å². The molecule has 4 aromatic rings. The highest BCUT2D eigenvalue weighted by molar-refractivity contribution is 6.32. The third-order valence-electron chi connectivity index (χ3n) is 4.63. The second kappa shape index (κ2) is 6.79. The summed E-state index contributed by atoms with van der Waals surface area (Å²) in [5.74, 6) is 0.571. The molecule has 0 fully saturated rings. The fourth-order valence-corrected chi connectivity index (χ4v) is 3.55. The van der Waals surface area contributed by atoms with Crippen molar-refractivity contribution in [3.05, 3.63) is 82.4 Å². The summed E-state index contributed by atoms with van der Waals surface area (Å²) in [4.78, 5) is 7.76. The van der Waals surface area contributed by atoms with Crippen LogP contribution >= 0.6 is 11.6 Å². The number of halogens is 1. The molecule has 0 atom stereocenters. The van der Waals surface area contributed by atoms with Crippen molar-refractivity contribution in [3.63, 3.8) is 0 Å². The van der Waals surface area contributed by atoms with Crippen LogP contribution in [0.25, 0.3) is 28.4 Å². The molecule has 0 aliphatic heterocycles. The van der Waals surface area contributed by atoms with Gasteiger partial charge in [0.2, 0.25) is 0 Å². The number of nitrogens with one attached hydrogen (secondary N) is 1. The van der Waals surface area contributed by atoms with E-state index in [-0.39, 0.29) is 0 Å². The highest BCUT2D eigenvalue weighted by Gasteiger charge is 2.14. The molecule has 4 nitrogen and oxygen atoms in total. The van der Waals surface area contributed by atoms with Gasteiger partial charge in [0.1, 0.15) is 11.9 Å². The molecule has 0 amide bonds. The minimum Gasteiger partial charge on any atom is -0.337 e. The molecule has 132 valence electrons. The zero-order valence-electron chi connectivity index (χ0n) is 15.0. The molecule has 0 radical (unpaired) electrons. The molecule has 1 N–H and O–H groups in total. The minimum absolute atomic E-state index is 0.491. The Hall–Kier alpha value is -3.29. The third-order valence-corrected chi connectivity index (χ3v) is 4.95. The van der Waals surface area contributed by atoms with Gasteiger partial charge in [0.25, 0.3) is 0 Å². The first-order valence-corrected chi connectivity index (χ1v) is 8.97. The monoisotopic (exact) mass is 372 g/mol. The largest absolute Gasteiger partial charge is 0.337 e. The van der Waals surface area contributed by atoms with E-state index >= 15 is 0 Å². The number of nitrogens with zero attached hydrogens (tertiary/aromatic N) is 3. The maximum absolute atomic E-state index is 9.69. The fraction of sp³-hybridized carbons (Fsp3) is 0.0909. The summed E-state index contributed by atoms with van der Waals surface area (Å²) in [5.41, 5.74) is 6.20. The Morgan fingerprint density at radius 2 is 1.89 bits per heavy atom. The Morgan fingerprint density at radius 3 is 2.63 bits per heavy atom. The minimum atomic E-state index is 0.491. The normalized spacial score (nSPS) is 11.7. The average Bonchev–Trinajstić information content (AvgIpc) is 3.21. The lowest BCUT2D eigenvalue weighted by molar-refractivity contribution is 0.965. The van der Waals surface area contributed by atoms with Crippen molar-refractivity contribution in [2.75, 3.05) is 0 Å². The lowest BCUT2D eigenvalue weighted by Gasteiger charge is -2.11. The van der Waals surface area contributed by atoms with Gasteiger partial charge in [-0.15, -0.1) is 0 Å². The highest BCUT2D eigenvalue weighted by atomic mass is 35.5. The number of aromatic amines is 1. The van der Waals surface area contributed by atoms with Crippen LogP contribution in [0.2, 0.25) is 5.02 Å². The molecule has 4 rings (SSSR count). The van der Waals surface area contributed by atoms with Gasteiger partial charge in [-0.2, -0.15) is 5.26 Å². The molecule has 0 aliphatic rings. The maximum atomic E-state index is 9.69. The summed E-state index contributed by atoms with van der Waals surface area (Å²) in [6.45, 7) is 4.05. The maximum Gasteiger partial charge on any atom is 0.149 e. The Bertz CT molecular complexity index is 1190. The number of aryl methyl sites for hydroxylation is 1. The SMILES string of the molecule is Cc1cc(/C=C(/C#N)c2nc3ccccc3[nH]2)c(C)n1-c1ccccc1Cl. The fourth-order valence-electron chi connectivity index (χ4n) is 3.33. The van der Waals surface area contributed by atoms with Crippen molar-refractivity contribution in [1.82, 2.24) is 14.5 Å².